The lowest BCUT2D eigenvalue weighted by Gasteiger charge is -2.07. The van der Waals surface area contributed by atoms with Gasteiger partial charge in [-0.2, -0.15) is 0 Å². The van der Waals surface area contributed by atoms with Crippen molar-refractivity contribution in [2.75, 3.05) is 12.3 Å². The summed E-state index contributed by atoms with van der Waals surface area (Å²) >= 11 is 0. The minimum Gasteiger partial charge on any atom is -0.492 e. The molecule has 0 aliphatic heterocycles. The quantitative estimate of drug-likeness (QED) is 0.636. The van der Waals surface area contributed by atoms with Gasteiger partial charge >= 0.3 is 0 Å². The van der Waals surface area contributed by atoms with Crippen molar-refractivity contribution in [3.8, 4) is 5.75 Å². The number of ether oxygens (including phenoxy) is 1. The molecule has 0 saturated carbocycles. The first kappa shape index (κ1) is 16.5. The van der Waals surface area contributed by atoms with E-state index in [1.807, 2.05) is 13.0 Å². The Hall–Kier alpha value is -2.82. The van der Waals surface area contributed by atoms with Crippen LogP contribution in [-0.2, 0) is 11.3 Å². The topological polar surface area (TPSA) is 64.3 Å². The third kappa shape index (κ3) is 5.14. The molecule has 2 rings (SSSR count). The van der Waals surface area contributed by atoms with Crippen LogP contribution in [0.3, 0.4) is 0 Å². The van der Waals surface area contributed by atoms with Crippen LogP contribution >= 0.6 is 0 Å². The summed E-state index contributed by atoms with van der Waals surface area (Å²) in [5.41, 5.74) is 8.04. The maximum absolute atomic E-state index is 12.8. The highest BCUT2D eigenvalue weighted by Gasteiger charge is 2.01. The molecule has 0 fully saturated rings. The first-order valence-corrected chi connectivity index (χ1v) is 7.31. The number of amides is 1. The normalized spacial score (nSPS) is 10.7. The minimum atomic E-state index is -0.298. The van der Waals surface area contributed by atoms with Crippen molar-refractivity contribution < 1.29 is 13.9 Å². The van der Waals surface area contributed by atoms with Gasteiger partial charge in [-0.15, -0.1) is 0 Å². The fourth-order valence-corrected chi connectivity index (χ4v) is 1.98. The van der Waals surface area contributed by atoms with E-state index in [4.69, 9.17) is 10.5 Å². The second kappa shape index (κ2) is 7.98. The first-order chi connectivity index (χ1) is 11.1. The Morgan fingerprint density at radius 1 is 1.26 bits per heavy atom. The van der Waals surface area contributed by atoms with Crippen molar-refractivity contribution in [3.05, 3.63) is 65.5 Å². The third-order valence-corrected chi connectivity index (χ3v) is 3.14. The molecule has 0 atom stereocenters. The van der Waals surface area contributed by atoms with E-state index < -0.39 is 0 Å². The third-order valence-electron chi connectivity index (χ3n) is 3.14. The Bertz CT molecular complexity index is 697. The fourth-order valence-electron chi connectivity index (χ4n) is 1.98. The molecule has 0 saturated heterocycles. The van der Waals surface area contributed by atoms with Crippen LogP contribution in [0.25, 0.3) is 6.08 Å². The van der Waals surface area contributed by atoms with Crippen LogP contribution in [0.2, 0.25) is 0 Å². The number of rotatable bonds is 6. The number of nitrogens with one attached hydrogen (secondary N) is 1. The molecule has 0 radical (unpaired) electrons. The number of anilines is 1. The van der Waals surface area contributed by atoms with Crippen molar-refractivity contribution in [2.45, 2.75) is 13.5 Å². The van der Waals surface area contributed by atoms with Gasteiger partial charge in [-0.25, -0.2) is 4.39 Å². The van der Waals surface area contributed by atoms with E-state index in [0.29, 0.717) is 24.6 Å². The predicted molar refractivity (Wildman–Crippen MR) is 89.3 cm³/mol. The van der Waals surface area contributed by atoms with Crippen LogP contribution in [0.15, 0.2) is 48.5 Å². The molecule has 0 spiro atoms. The molecule has 0 aliphatic rings. The molecule has 2 aromatic carbocycles. The average molecular weight is 314 g/mol. The summed E-state index contributed by atoms with van der Waals surface area (Å²) in [7, 11) is 0. The molecule has 0 aliphatic carbocycles. The lowest BCUT2D eigenvalue weighted by molar-refractivity contribution is -0.116. The lowest BCUT2D eigenvalue weighted by Crippen LogP contribution is -2.20. The fraction of sp³-hybridized carbons (Fsp3) is 0.167. The van der Waals surface area contributed by atoms with E-state index >= 15 is 0 Å². The molecule has 1 amide bonds. The van der Waals surface area contributed by atoms with Gasteiger partial charge in [0.05, 0.1) is 12.3 Å². The average Bonchev–Trinajstić information content (AvgIpc) is 2.55. The summed E-state index contributed by atoms with van der Waals surface area (Å²) in [6.07, 6.45) is 3.10. The number of halogens is 1. The van der Waals surface area contributed by atoms with Gasteiger partial charge in [-0.05, 0) is 48.4 Å². The van der Waals surface area contributed by atoms with Crippen LogP contribution in [0.4, 0.5) is 10.1 Å². The monoisotopic (exact) mass is 314 g/mol. The van der Waals surface area contributed by atoms with E-state index in [1.54, 1.807) is 30.3 Å². The smallest absolute Gasteiger partial charge is 0.244 e. The Morgan fingerprint density at radius 3 is 2.65 bits per heavy atom. The molecule has 4 nitrogen and oxygen atoms in total. The molecule has 0 unspecified atom stereocenters. The Morgan fingerprint density at radius 2 is 2.00 bits per heavy atom. The molecular weight excluding hydrogens is 295 g/mol. The summed E-state index contributed by atoms with van der Waals surface area (Å²) in [5, 5.41) is 2.73. The number of carbonyl (C=O) groups is 1. The van der Waals surface area contributed by atoms with Gasteiger partial charge in [0, 0.05) is 12.6 Å². The number of nitrogen functional groups attached to an aromatic ring is 1. The van der Waals surface area contributed by atoms with Crippen molar-refractivity contribution in [3.63, 3.8) is 0 Å². The van der Waals surface area contributed by atoms with E-state index in [0.717, 1.165) is 11.1 Å². The van der Waals surface area contributed by atoms with Crippen molar-refractivity contribution >= 4 is 17.7 Å². The first-order valence-electron chi connectivity index (χ1n) is 7.31. The Kier molecular flexibility index (Phi) is 5.74. The molecule has 3 N–H and O–H groups in total. The molecule has 23 heavy (non-hydrogen) atoms. The molecule has 0 heterocycles. The summed E-state index contributed by atoms with van der Waals surface area (Å²) in [6.45, 7) is 2.78. The van der Waals surface area contributed by atoms with Crippen molar-refractivity contribution in [1.82, 2.24) is 5.32 Å². The maximum atomic E-state index is 12.8. The van der Waals surface area contributed by atoms with Crippen LogP contribution in [0.1, 0.15) is 18.1 Å². The minimum absolute atomic E-state index is 0.234. The zero-order valence-corrected chi connectivity index (χ0v) is 12.9. The number of benzene rings is 2. The zero-order valence-electron chi connectivity index (χ0n) is 12.9. The van der Waals surface area contributed by atoms with Gasteiger partial charge in [0.25, 0.3) is 0 Å². The zero-order chi connectivity index (χ0) is 16.7. The molecule has 5 heteroatoms. The summed E-state index contributed by atoms with van der Waals surface area (Å²) in [5.74, 6) is 0.0975. The van der Waals surface area contributed by atoms with Crippen LogP contribution < -0.4 is 15.8 Å². The number of hydrogen-bond acceptors (Lipinski definition) is 3. The van der Waals surface area contributed by atoms with Gasteiger partial charge in [-0.1, -0.05) is 18.2 Å². The molecular formula is C18H19FN2O2. The number of hydrogen-bond donors (Lipinski definition) is 2. The highest BCUT2D eigenvalue weighted by Crippen LogP contribution is 2.23. The second-order valence-electron chi connectivity index (χ2n) is 4.91. The van der Waals surface area contributed by atoms with Crippen molar-refractivity contribution in [2.24, 2.45) is 0 Å². The second-order valence-corrected chi connectivity index (χ2v) is 4.91. The number of nitrogens with two attached hydrogens (primary N) is 1. The maximum Gasteiger partial charge on any atom is 0.244 e. The number of carbonyl (C=O) groups excluding carboxylic acids is 1. The van der Waals surface area contributed by atoms with E-state index in [-0.39, 0.29) is 11.7 Å². The van der Waals surface area contributed by atoms with Crippen molar-refractivity contribution in [1.29, 1.82) is 0 Å². The van der Waals surface area contributed by atoms with Gasteiger partial charge < -0.3 is 15.8 Å². The molecule has 0 aromatic heterocycles. The highest BCUT2D eigenvalue weighted by molar-refractivity contribution is 5.91. The van der Waals surface area contributed by atoms with Crippen LogP contribution in [-0.4, -0.2) is 12.5 Å². The Balaban J connectivity index is 1.90. The van der Waals surface area contributed by atoms with Gasteiger partial charge in [0.15, 0.2) is 0 Å². The van der Waals surface area contributed by atoms with Gasteiger partial charge in [0.1, 0.15) is 11.6 Å². The lowest BCUT2D eigenvalue weighted by atomic mass is 10.1. The van der Waals surface area contributed by atoms with Crippen LogP contribution in [0, 0.1) is 5.82 Å². The van der Waals surface area contributed by atoms with Gasteiger partial charge in [0.2, 0.25) is 5.91 Å². The standard InChI is InChI=1S/C18H19FN2O2/c1-2-23-17-9-5-13(11-16(17)20)6-10-18(22)21-12-14-3-7-15(19)8-4-14/h3-11H,2,12,20H2,1H3,(H,21,22)/b10-6-. The predicted octanol–water partition coefficient (Wildman–Crippen LogP) is 3.14. The Labute approximate surface area is 134 Å². The summed E-state index contributed by atoms with van der Waals surface area (Å²) < 4.78 is 18.1. The van der Waals surface area contributed by atoms with Crippen LogP contribution in [0.5, 0.6) is 5.75 Å². The largest absolute Gasteiger partial charge is 0.492 e. The molecule has 2 aromatic rings. The molecule has 0 bridgehead atoms. The molecule has 120 valence electrons. The van der Waals surface area contributed by atoms with Gasteiger partial charge in [-0.3, -0.25) is 4.79 Å². The highest BCUT2D eigenvalue weighted by atomic mass is 19.1. The summed E-state index contributed by atoms with van der Waals surface area (Å²) in [6, 6.07) is 11.3. The SMILES string of the molecule is CCOc1ccc(/C=C\C(=O)NCc2ccc(F)cc2)cc1N. The van der Waals surface area contributed by atoms with E-state index in [1.165, 1.54) is 18.2 Å². The van der Waals surface area contributed by atoms with E-state index in [9.17, 15) is 9.18 Å². The summed E-state index contributed by atoms with van der Waals surface area (Å²) in [4.78, 5) is 11.8. The van der Waals surface area contributed by atoms with E-state index in [2.05, 4.69) is 5.32 Å².